The lowest BCUT2D eigenvalue weighted by Crippen LogP contribution is -2.28. The Balaban J connectivity index is 2.59. The average molecular weight is 255 g/mol. The number of anilines is 2. The van der Waals surface area contributed by atoms with Crippen LogP contribution in [0.1, 0.15) is 25.1 Å². The highest BCUT2D eigenvalue weighted by Crippen LogP contribution is 2.18. The van der Waals surface area contributed by atoms with Crippen molar-refractivity contribution in [2.75, 3.05) is 18.0 Å². The van der Waals surface area contributed by atoms with Gasteiger partial charge in [0.05, 0.1) is 18.0 Å². The first-order valence-corrected chi connectivity index (χ1v) is 5.40. The van der Waals surface area contributed by atoms with Crippen LogP contribution in [0.5, 0.6) is 0 Å². The van der Waals surface area contributed by atoms with Crippen molar-refractivity contribution in [3.05, 3.63) is 11.9 Å². The number of hydrogen-bond donors (Lipinski definition) is 5. The molecule has 0 aliphatic heterocycles. The van der Waals surface area contributed by atoms with E-state index in [0.717, 1.165) is 0 Å². The zero-order chi connectivity index (χ0) is 13.7. The lowest BCUT2D eigenvalue weighted by molar-refractivity contribution is -0.119. The molecule has 1 heterocycles. The molecule has 0 fully saturated rings. The molecule has 2 unspecified atom stereocenters. The standard InChI is InChI=1S/C10H17N5O3/c1-5(16)13-3-2-7(17)8(18)6-4-14-9(11)10(12)15-6/h4,7-8,17-18H,2-3H2,1H3,(H2,11,14)(H2,12,15)(H,13,16). The van der Waals surface area contributed by atoms with E-state index < -0.39 is 12.2 Å². The van der Waals surface area contributed by atoms with E-state index in [-0.39, 0.29) is 36.2 Å². The summed E-state index contributed by atoms with van der Waals surface area (Å²) in [6.45, 7) is 1.63. The van der Waals surface area contributed by atoms with Crippen LogP contribution in [0.25, 0.3) is 0 Å². The van der Waals surface area contributed by atoms with Crippen LogP contribution in [0.3, 0.4) is 0 Å². The molecule has 1 aromatic heterocycles. The van der Waals surface area contributed by atoms with Gasteiger partial charge >= 0.3 is 0 Å². The Kier molecular flexibility index (Phi) is 4.81. The van der Waals surface area contributed by atoms with Gasteiger partial charge in [-0.15, -0.1) is 0 Å². The molecule has 7 N–H and O–H groups in total. The van der Waals surface area contributed by atoms with E-state index in [1.165, 1.54) is 13.1 Å². The summed E-state index contributed by atoms with van der Waals surface area (Å²) in [5.41, 5.74) is 11.0. The number of rotatable bonds is 5. The van der Waals surface area contributed by atoms with E-state index >= 15 is 0 Å². The first kappa shape index (κ1) is 14.1. The number of carbonyl (C=O) groups excluding carboxylic acids is 1. The molecule has 8 nitrogen and oxygen atoms in total. The van der Waals surface area contributed by atoms with Crippen LogP contribution in [0.2, 0.25) is 0 Å². The van der Waals surface area contributed by atoms with Crippen LogP contribution in [-0.2, 0) is 4.79 Å². The number of nitrogens with zero attached hydrogens (tertiary/aromatic N) is 2. The highest BCUT2D eigenvalue weighted by Gasteiger charge is 2.20. The molecule has 0 bridgehead atoms. The summed E-state index contributed by atoms with van der Waals surface area (Å²) in [5, 5.41) is 22.0. The zero-order valence-electron chi connectivity index (χ0n) is 10.00. The Morgan fingerprint density at radius 1 is 1.44 bits per heavy atom. The number of carbonyl (C=O) groups is 1. The minimum absolute atomic E-state index is 0.000566. The third-order valence-corrected chi connectivity index (χ3v) is 2.33. The van der Waals surface area contributed by atoms with Gasteiger partial charge in [0.1, 0.15) is 6.10 Å². The van der Waals surface area contributed by atoms with Crippen molar-refractivity contribution >= 4 is 17.5 Å². The second-order valence-corrected chi connectivity index (χ2v) is 3.85. The second-order valence-electron chi connectivity index (χ2n) is 3.85. The van der Waals surface area contributed by atoms with Gasteiger partial charge in [0.25, 0.3) is 0 Å². The summed E-state index contributed by atoms with van der Waals surface area (Å²) in [4.78, 5) is 18.2. The van der Waals surface area contributed by atoms with E-state index in [2.05, 4.69) is 15.3 Å². The van der Waals surface area contributed by atoms with E-state index in [1.54, 1.807) is 0 Å². The molecular formula is C10H17N5O3. The Bertz CT molecular complexity index is 426. The van der Waals surface area contributed by atoms with Gasteiger partial charge in [-0.25, -0.2) is 9.97 Å². The van der Waals surface area contributed by atoms with Crippen molar-refractivity contribution in [3.8, 4) is 0 Å². The zero-order valence-corrected chi connectivity index (χ0v) is 10.00. The van der Waals surface area contributed by atoms with Crippen LogP contribution in [0.4, 0.5) is 11.6 Å². The van der Waals surface area contributed by atoms with Crippen LogP contribution in [-0.4, -0.2) is 38.7 Å². The highest BCUT2D eigenvalue weighted by molar-refractivity contribution is 5.72. The lowest BCUT2D eigenvalue weighted by Gasteiger charge is -2.17. The third kappa shape index (κ3) is 3.82. The molecular weight excluding hydrogens is 238 g/mol. The monoisotopic (exact) mass is 255 g/mol. The number of aliphatic hydroxyl groups is 2. The van der Waals surface area contributed by atoms with E-state index in [4.69, 9.17) is 11.5 Å². The summed E-state index contributed by atoms with van der Waals surface area (Å²) in [7, 11) is 0. The number of nitrogens with one attached hydrogen (secondary N) is 1. The van der Waals surface area contributed by atoms with Crippen molar-refractivity contribution in [3.63, 3.8) is 0 Å². The molecule has 1 amide bonds. The van der Waals surface area contributed by atoms with Crippen LogP contribution < -0.4 is 16.8 Å². The summed E-state index contributed by atoms with van der Waals surface area (Å²) >= 11 is 0. The molecule has 1 aromatic rings. The fraction of sp³-hybridized carbons (Fsp3) is 0.500. The van der Waals surface area contributed by atoms with Gasteiger partial charge in [0.15, 0.2) is 11.6 Å². The fourth-order valence-corrected chi connectivity index (χ4v) is 1.32. The number of hydrogen-bond acceptors (Lipinski definition) is 7. The molecule has 0 aliphatic carbocycles. The summed E-state index contributed by atoms with van der Waals surface area (Å²) in [6.07, 6.45) is -0.867. The Hall–Kier alpha value is -1.93. The van der Waals surface area contributed by atoms with Gasteiger partial charge in [0, 0.05) is 13.5 Å². The molecule has 100 valence electrons. The van der Waals surface area contributed by atoms with Gasteiger partial charge in [-0.3, -0.25) is 4.79 Å². The molecule has 0 saturated carbocycles. The number of aromatic nitrogens is 2. The minimum atomic E-state index is -1.23. The van der Waals surface area contributed by atoms with Crippen molar-refractivity contribution in [1.82, 2.24) is 15.3 Å². The Morgan fingerprint density at radius 3 is 2.67 bits per heavy atom. The first-order valence-electron chi connectivity index (χ1n) is 5.40. The molecule has 0 spiro atoms. The molecule has 0 radical (unpaired) electrons. The maximum absolute atomic E-state index is 10.6. The minimum Gasteiger partial charge on any atom is -0.390 e. The van der Waals surface area contributed by atoms with Gasteiger partial charge < -0.3 is 27.0 Å². The lowest BCUT2D eigenvalue weighted by atomic mass is 10.1. The highest BCUT2D eigenvalue weighted by atomic mass is 16.3. The van der Waals surface area contributed by atoms with Crippen molar-refractivity contribution in [2.24, 2.45) is 0 Å². The number of nitrogens with two attached hydrogens (primary N) is 2. The average Bonchev–Trinajstić information content (AvgIpc) is 2.31. The summed E-state index contributed by atoms with van der Waals surface area (Å²) < 4.78 is 0. The summed E-state index contributed by atoms with van der Waals surface area (Å²) in [6, 6.07) is 0. The molecule has 0 aliphatic rings. The molecule has 0 aromatic carbocycles. The van der Waals surface area contributed by atoms with Crippen LogP contribution in [0, 0.1) is 0 Å². The van der Waals surface area contributed by atoms with Crippen LogP contribution in [0.15, 0.2) is 6.20 Å². The fourth-order valence-electron chi connectivity index (χ4n) is 1.32. The maximum Gasteiger partial charge on any atom is 0.216 e. The largest absolute Gasteiger partial charge is 0.390 e. The predicted octanol–water partition coefficient (Wildman–Crippen LogP) is -1.44. The van der Waals surface area contributed by atoms with Crippen molar-refractivity contribution in [1.29, 1.82) is 0 Å². The SMILES string of the molecule is CC(=O)NCCC(O)C(O)c1cnc(N)c(N)n1. The van der Waals surface area contributed by atoms with Gasteiger partial charge in [-0.1, -0.05) is 0 Å². The topological polar surface area (TPSA) is 147 Å². The van der Waals surface area contributed by atoms with E-state index in [1.807, 2.05) is 0 Å². The number of aliphatic hydroxyl groups excluding tert-OH is 2. The molecule has 2 atom stereocenters. The third-order valence-electron chi connectivity index (χ3n) is 2.33. The number of amides is 1. The molecule has 8 heteroatoms. The molecule has 18 heavy (non-hydrogen) atoms. The van der Waals surface area contributed by atoms with E-state index in [0.29, 0.717) is 0 Å². The Labute approximate surface area is 104 Å². The first-order chi connectivity index (χ1) is 8.41. The summed E-state index contributed by atoms with van der Waals surface area (Å²) in [5.74, 6) is -0.132. The Morgan fingerprint density at radius 2 is 2.11 bits per heavy atom. The van der Waals surface area contributed by atoms with Gasteiger partial charge in [-0.2, -0.15) is 0 Å². The van der Waals surface area contributed by atoms with Crippen molar-refractivity contribution < 1.29 is 15.0 Å². The smallest absolute Gasteiger partial charge is 0.216 e. The normalized spacial score (nSPS) is 13.9. The maximum atomic E-state index is 10.6. The van der Waals surface area contributed by atoms with Crippen molar-refractivity contribution in [2.45, 2.75) is 25.6 Å². The second kappa shape index (κ2) is 6.12. The van der Waals surface area contributed by atoms with Gasteiger partial charge in [0.2, 0.25) is 5.91 Å². The van der Waals surface area contributed by atoms with E-state index in [9.17, 15) is 15.0 Å². The molecule has 0 saturated heterocycles. The number of nitrogen functional groups attached to an aromatic ring is 2. The predicted molar refractivity (Wildman–Crippen MR) is 65.1 cm³/mol. The molecule has 1 rings (SSSR count). The quantitative estimate of drug-likeness (QED) is 0.433. The van der Waals surface area contributed by atoms with Crippen LogP contribution >= 0.6 is 0 Å². The van der Waals surface area contributed by atoms with Gasteiger partial charge in [-0.05, 0) is 6.42 Å².